The molecule has 0 saturated carbocycles. The Bertz CT molecular complexity index is 670. The predicted octanol–water partition coefficient (Wildman–Crippen LogP) is 1.55. The van der Waals surface area contributed by atoms with E-state index in [1.54, 1.807) is 19.1 Å². The summed E-state index contributed by atoms with van der Waals surface area (Å²) in [5.74, 6) is -0.709. The van der Waals surface area contributed by atoms with Gasteiger partial charge in [-0.1, -0.05) is 17.3 Å². The minimum Gasteiger partial charge on any atom is -0.465 e. The molecule has 122 valence electrons. The van der Waals surface area contributed by atoms with Crippen molar-refractivity contribution >= 4 is 17.7 Å². The number of carbonyl (C=O) groups is 2. The van der Waals surface area contributed by atoms with Crippen LogP contribution in [0.2, 0.25) is 0 Å². The zero-order chi connectivity index (χ0) is 16.7. The van der Waals surface area contributed by atoms with E-state index in [2.05, 4.69) is 15.6 Å². The maximum Gasteiger partial charge on any atom is 0.327 e. The number of esters is 1. The van der Waals surface area contributed by atoms with Gasteiger partial charge in [0.25, 0.3) is 0 Å². The van der Waals surface area contributed by atoms with Crippen molar-refractivity contribution in [2.24, 2.45) is 0 Å². The number of anilines is 1. The molecule has 1 aromatic carbocycles. The van der Waals surface area contributed by atoms with Gasteiger partial charge in [-0.05, 0) is 31.0 Å². The molecule has 0 bridgehead atoms. The summed E-state index contributed by atoms with van der Waals surface area (Å²) in [6.07, 6.45) is 2.17. The summed E-state index contributed by atoms with van der Waals surface area (Å²) in [6, 6.07) is 5.99. The number of hydrogen-bond donors (Lipinski definition) is 1. The molecule has 1 N–H and O–H groups in total. The molecule has 0 unspecified atom stereocenters. The Morgan fingerprint density at radius 2 is 2.04 bits per heavy atom. The van der Waals surface area contributed by atoms with Crippen LogP contribution in [0.5, 0.6) is 0 Å². The lowest BCUT2D eigenvalue weighted by Gasteiger charge is -2.02. The van der Waals surface area contributed by atoms with Crippen molar-refractivity contribution in [1.82, 2.24) is 15.0 Å². The molecule has 0 aliphatic carbocycles. The molecule has 2 aromatic rings. The molecule has 8 heteroatoms. The number of aromatic nitrogens is 3. The van der Waals surface area contributed by atoms with Crippen LogP contribution in [0.1, 0.15) is 18.9 Å². The van der Waals surface area contributed by atoms with E-state index in [1.807, 2.05) is 0 Å². The Hall–Kier alpha value is -2.77. The number of nitrogens with one attached hydrogen (secondary N) is 1. The topological polar surface area (TPSA) is 86.1 Å². The summed E-state index contributed by atoms with van der Waals surface area (Å²) < 4.78 is 18.9. The molecule has 0 aliphatic rings. The number of halogens is 1. The van der Waals surface area contributed by atoms with E-state index in [0.717, 1.165) is 5.56 Å². The standard InChI is InChI=1S/C15H17FN4O3/c1-2-23-15(22)10-20-9-13(18-19-20)17-14(21)8-5-11-3-6-12(16)7-4-11/h3-4,6-7,9H,2,5,8,10H2,1H3,(H,17,21). The molecule has 0 fully saturated rings. The summed E-state index contributed by atoms with van der Waals surface area (Å²) in [5, 5.41) is 10.1. The minimum absolute atomic E-state index is 0.0632. The number of hydrogen-bond acceptors (Lipinski definition) is 5. The number of ether oxygens (including phenoxy) is 1. The smallest absolute Gasteiger partial charge is 0.327 e. The number of carbonyl (C=O) groups excluding carboxylic acids is 2. The Labute approximate surface area is 132 Å². The van der Waals surface area contributed by atoms with Crippen LogP contribution in [0.4, 0.5) is 10.2 Å². The van der Waals surface area contributed by atoms with Gasteiger partial charge in [-0.2, -0.15) is 0 Å². The van der Waals surface area contributed by atoms with E-state index >= 15 is 0 Å². The van der Waals surface area contributed by atoms with E-state index < -0.39 is 5.97 Å². The van der Waals surface area contributed by atoms with Crippen LogP contribution in [-0.2, 0) is 27.3 Å². The summed E-state index contributed by atoms with van der Waals surface area (Å²) in [7, 11) is 0. The highest BCUT2D eigenvalue weighted by molar-refractivity contribution is 5.89. The van der Waals surface area contributed by atoms with Gasteiger partial charge in [-0.3, -0.25) is 9.59 Å². The molecule has 0 spiro atoms. The average Bonchev–Trinajstić information content (AvgIpc) is 2.94. The predicted molar refractivity (Wildman–Crippen MR) is 80.0 cm³/mol. The number of benzene rings is 1. The summed E-state index contributed by atoms with van der Waals surface area (Å²) in [4.78, 5) is 23.1. The molecule has 0 radical (unpaired) electrons. The minimum atomic E-state index is -0.424. The zero-order valence-corrected chi connectivity index (χ0v) is 12.7. The van der Waals surface area contributed by atoms with Crippen molar-refractivity contribution in [1.29, 1.82) is 0 Å². The van der Waals surface area contributed by atoms with Crippen LogP contribution in [-0.4, -0.2) is 33.5 Å². The molecule has 1 amide bonds. The van der Waals surface area contributed by atoms with Crippen LogP contribution in [0.15, 0.2) is 30.5 Å². The fourth-order valence-corrected chi connectivity index (χ4v) is 1.89. The van der Waals surface area contributed by atoms with E-state index in [4.69, 9.17) is 4.74 Å². The fourth-order valence-electron chi connectivity index (χ4n) is 1.89. The van der Waals surface area contributed by atoms with Crippen molar-refractivity contribution in [3.63, 3.8) is 0 Å². The molecule has 7 nitrogen and oxygen atoms in total. The van der Waals surface area contributed by atoms with E-state index in [1.165, 1.54) is 23.0 Å². The monoisotopic (exact) mass is 320 g/mol. The second-order valence-electron chi connectivity index (χ2n) is 4.78. The molecular weight excluding hydrogens is 303 g/mol. The van der Waals surface area contributed by atoms with Crippen LogP contribution < -0.4 is 5.32 Å². The SMILES string of the molecule is CCOC(=O)Cn1cc(NC(=O)CCc2ccc(F)cc2)nn1. The molecule has 0 saturated heterocycles. The summed E-state index contributed by atoms with van der Waals surface area (Å²) in [6.45, 7) is 1.94. The second-order valence-corrected chi connectivity index (χ2v) is 4.78. The second kappa shape index (κ2) is 8.02. The Kier molecular flexibility index (Phi) is 5.79. The molecule has 1 aromatic heterocycles. The normalized spacial score (nSPS) is 10.3. The van der Waals surface area contributed by atoms with Gasteiger partial charge >= 0.3 is 5.97 Å². The average molecular weight is 320 g/mol. The van der Waals surface area contributed by atoms with E-state index in [0.29, 0.717) is 13.0 Å². The first-order chi connectivity index (χ1) is 11.1. The largest absolute Gasteiger partial charge is 0.465 e. The van der Waals surface area contributed by atoms with Crippen molar-refractivity contribution < 1.29 is 18.7 Å². The number of aryl methyl sites for hydroxylation is 1. The molecule has 23 heavy (non-hydrogen) atoms. The first kappa shape index (κ1) is 16.6. The molecule has 1 heterocycles. The van der Waals surface area contributed by atoms with Crippen LogP contribution >= 0.6 is 0 Å². The van der Waals surface area contributed by atoms with Gasteiger partial charge in [-0.15, -0.1) is 5.10 Å². The van der Waals surface area contributed by atoms with Crippen LogP contribution in [0, 0.1) is 5.82 Å². The maximum atomic E-state index is 12.8. The highest BCUT2D eigenvalue weighted by Crippen LogP contribution is 2.07. The molecule has 2 rings (SSSR count). The van der Waals surface area contributed by atoms with Gasteiger partial charge in [0, 0.05) is 6.42 Å². The number of nitrogens with zero attached hydrogens (tertiary/aromatic N) is 3. The molecule has 0 atom stereocenters. The highest BCUT2D eigenvalue weighted by atomic mass is 19.1. The lowest BCUT2D eigenvalue weighted by Crippen LogP contribution is -2.14. The van der Waals surface area contributed by atoms with Crippen molar-refractivity contribution in [2.75, 3.05) is 11.9 Å². The number of rotatable bonds is 7. The summed E-state index contributed by atoms with van der Waals surface area (Å²) in [5.41, 5.74) is 0.868. The lowest BCUT2D eigenvalue weighted by atomic mass is 10.1. The number of amides is 1. The van der Waals surface area contributed by atoms with Crippen molar-refractivity contribution in [3.05, 3.63) is 41.8 Å². The third kappa shape index (κ3) is 5.50. The highest BCUT2D eigenvalue weighted by Gasteiger charge is 2.09. The Balaban J connectivity index is 1.80. The zero-order valence-electron chi connectivity index (χ0n) is 12.7. The van der Waals surface area contributed by atoms with Gasteiger partial charge in [0.2, 0.25) is 5.91 Å². The molecule has 0 aliphatic heterocycles. The fraction of sp³-hybridized carbons (Fsp3) is 0.333. The first-order valence-corrected chi connectivity index (χ1v) is 7.17. The van der Waals surface area contributed by atoms with Crippen LogP contribution in [0.3, 0.4) is 0 Å². The Morgan fingerprint density at radius 3 is 2.74 bits per heavy atom. The van der Waals surface area contributed by atoms with E-state index in [9.17, 15) is 14.0 Å². The first-order valence-electron chi connectivity index (χ1n) is 7.17. The molecular formula is C15H17FN4O3. The van der Waals surface area contributed by atoms with Crippen molar-refractivity contribution in [3.8, 4) is 0 Å². The van der Waals surface area contributed by atoms with Crippen LogP contribution in [0.25, 0.3) is 0 Å². The van der Waals surface area contributed by atoms with Gasteiger partial charge < -0.3 is 10.1 Å². The third-order valence-corrected chi connectivity index (χ3v) is 2.96. The van der Waals surface area contributed by atoms with Gasteiger partial charge in [0.15, 0.2) is 5.82 Å². The third-order valence-electron chi connectivity index (χ3n) is 2.96. The Morgan fingerprint density at radius 1 is 1.30 bits per heavy atom. The van der Waals surface area contributed by atoms with Crippen molar-refractivity contribution in [2.45, 2.75) is 26.3 Å². The summed E-state index contributed by atoms with van der Waals surface area (Å²) >= 11 is 0. The quantitative estimate of drug-likeness (QED) is 0.782. The van der Waals surface area contributed by atoms with Gasteiger partial charge in [0.1, 0.15) is 12.4 Å². The lowest BCUT2D eigenvalue weighted by molar-refractivity contribution is -0.144. The maximum absolute atomic E-state index is 12.8. The van der Waals surface area contributed by atoms with E-state index in [-0.39, 0.29) is 30.5 Å². The van der Waals surface area contributed by atoms with Gasteiger partial charge in [-0.25, -0.2) is 9.07 Å². The van der Waals surface area contributed by atoms with Gasteiger partial charge in [0.05, 0.1) is 12.8 Å².